The first-order valence-electron chi connectivity index (χ1n) is 12.5. The number of amides is 1. The molecule has 37 heavy (non-hydrogen) atoms. The SMILES string of the molecule is NC1(CCCC(=O)NCCCn2ccnc2)N=CNc2[nH]cc(-c3ccc(Oc4ccccc4)cc3)c21. The fourth-order valence-corrected chi connectivity index (χ4v) is 4.52. The minimum absolute atomic E-state index is 0.0238. The van der Waals surface area contributed by atoms with Crippen molar-refractivity contribution in [3.8, 4) is 22.6 Å². The van der Waals surface area contributed by atoms with E-state index in [1.54, 1.807) is 18.9 Å². The van der Waals surface area contributed by atoms with Crippen LogP contribution in [0.3, 0.4) is 0 Å². The second-order valence-electron chi connectivity index (χ2n) is 9.08. The number of aliphatic imine (C=N–C) groups is 1. The van der Waals surface area contributed by atoms with E-state index in [1.165, 1.54) is 0 Å². The Morgan fingerprint density at radius 1 is 1.08 bits per heavy atom. The molecule has 2 aromatic carbocycles. The molecular weight excluding hydrogens is 466 g/mol. The van der Waals surface area contributed by atoms with Crippen LogP contribution in [0.2, 0.25) is 0 Å². The zero-order chi connectivity index (χ0) is 25.5. The van der Waals surface area contributed by atoms with E-state index in [1.807, 2.05) is 71.6 Å². The van der Waals surface area contributed by atoms with Crippen molar-refractivity contribution < 1.29 is 9.53 Å². The molecule has 2 aromatic heterocycles. The summed E-state index contributed by atoms with van der Waals surface area (Å²) in [6.45, 7) is 1.45. The molecule has 0 aliphatic carbocycles. The van der Waals surface area contributed by atoms with Gasteiger partial charge in [0.15, 0.2) is 0 Å². The van der Waals surface area contributed by atoms with Crippen molar-refractivity contribution >= 4 is 18.1 Å². The molecule has 190 valence electrons. The van der Waals surface area contributed by atoms with Gasteiger partial charge in [0.25, 0.3) is 0 Å². The van der Waals surface area contributed by atoms with Gasteiger partial charge in [-0.3, -0.25) is 4.79 Å². The van der Waals surface area contributed by atoms with Crippen LogP contribution in [0, 0.1) is 0 Å². The molecule has 1 amide bonds. The summed E-state index contributed by atoms with van der Waals surface area (Å²) in [7, 11) is 0. The van der Waals surface area contributed by atoms with Crippen LogP contribution in [-0.2, 0) is 17.0 Å². The van der Waals surface area contributed by atoms with Gasteiger partial charge in [0.2, 0.25) is 5.91 Å². The molecule has 0 spiro atoms. The van der Waals surface area contributed by atoms with E-state index in [2.05, 4.69) is 25.6 Å². The second-order valence-corrected chi connectivity index (χ2v) is 9.08. The Morgan fingerprint density at radius 2 is 1.89 bits per heavy atom. The van der Waals surface area contributed by atoms with Crippen molar-refractivity contribution in [3.63, 3.8) is 0 Å². The average molecular weight is 498 g/mol. The maximum absolute atomic E-state index is 12.4. The molecule has 4 aromatic rings. The van der Waals surface area contributed by atoms with Gasteiger partial charge in [-0.15, -0.1) is 0 Å². The van der Waals surface area contributed by atoms with Gasteiger partial charge in [-0.1, -0.05) is 30.3 Å². The molecule has 0 fully saturated rings. The van der Waals surface area contributed by atoms with Crippen molar-refractivity contribution in [1.82, 2.24) is 19.9 Å². The van der Waals surface area contributed by atoms with E-state index in [0.29, 0.717) is 25.8 Å². The summed E-state index contributed by atoms with van der Waals surface area (Å²) in [4.78, 5) is 24.3. The standard InChI is InChI=1S/C28H31N7O2/c29-28(13-4-8-25(36)31-14-5-16-35-17-15-30-20-35)26-24(18-32-27(26)33-19-34-28)21-9-11-23(12-10-21)37-22-6-2-1-3-7-22/h1-3,6-7,9-12,15,17-20,32H,4-5,8,13-14,16,29H2,(H,31,36)(H,33,34). The lowest BCUT2D eigenvalue weighted by Crippen LogP contribution is -2.38. The fraction of sp³-hybridized carbons (Fsp3) is 0.250. The number of carbonyl (C=O) groups excluding carboxylic acids is 1. The number of imidazole rings is 1. The Hall–Kier alpha value is -4.37. The van der Waals surface area contributed by atoms with E-state index in [9.17, 15) is 4.79 Å². The van der Waals surface area contributed by atoms with Crippen molar-refractivity contribution in [2.24, 2.45) is 10.7 Å². The quantitative estimate of drug-likeness (QED) is 0.225. The number of anilines is 1. The van der Waals surface area contributed by atoms with Gasteiger partial charge in [0.05, 0.1) is 12.7 Å². The number of H-pyrrole nitrogens is 1. The summed E-state index contributed by atoms with van der Waals surface area (Å²) < 4.78 is 7.92. The number of para-hydroxylation sites is 1. The summed E-state index contributed by atoms with van der Waals surface area (Å²) in [5, 5.41) is 6.15. The van der Waals surface area contributed by atoms with E-state index in [0.717, 1.165) is 47.0 Å². The number of fused-ring (bicyclic) bond motifs is 1. The van der Waals surface area contributed by atoms with Gasteiger partial charge in [0.1, 0.15) is 23.0 Å². The molecule has 9 heteroatoms. The van der Waals surface area contributed by atoms with Crippen LogP contribution in [-0.4, -0.2) is 33.3 Å². The third-order valence-electron chi connectivity index (χ3n) is 6.40. The van der Waals surface area contributed by atoms with Crippen LogP contribution >= 0.6 is 0 Å². The zero-order valence-corrected chi connectivity index (χ0v) is 20.6. The number of aromatic amines is 1. The molecule has 5 rings (SSSR count). The highest BCUT2D eigenvalue weighted by Crippen LogP contribution is 2.41. The average Bonchev–Trinajstić information content (AvgIpc) is 3.59. The predicted octanol–water partition coefficient (Wildman–Crippen LogP) is 4.61. The normalized spacial score (nSPS) is 16.1. The lowest BCUT2D eigenvalue weighted by molar-refractivity contribution is -0.121. The Morgan fingerprint density at radius 3 is 2.68 bits per heavy atom. The number of carbonyl (C=O) groups is 1. The van der Waals surface area contributed by atoms with Crippen molar-refractivity contribution in [2.45, 2.75) is 37.9 Å². The summed E-state index contributed by atoms with van der Waals surface area (Å²) in [5.41, 5.74) is 8.76. The highest BCUT2D eigenvalue weighted by molar-refractivity contribution is 5.85. The molecule has 5 N–H and O–H groups in total. The van der Waals surface area contributed by atoms with Crippen LogP contribution < -0.4 is 21.1 Å². The minimum atomic E-state index is -0.934. The molecule has 1 aliphatic rings. The molecule has 0 saturated carbocycles. The van der Waals surface area contributed by atoms with Gasteiger partial charge >= 0.3 is 0 Å². The first-order chi connectivity index (χ1) is 18.1. The van der Waals surface area contributed by atoms with Crippen LogP contribution in [0.4, 0.5) is 5.82 Å². The number of nitrogens with one attached hydrogen (secondary N) is 3. The Bertz CT molecular complexity index is 1330. The number of nitrogens with zero attached hydrogens (tertiary/aromatic N) is 3. The molecular formula is C28H31N7O2. The van der Waals surface area contributed by atoms with Crippen molar-refractivity contribution in [2.75, 3.05) is 11.9 Å². The number of rotatable bonds is 11. The van der Waals surface area contributed by atoms with Crippen LogP contribution in [0.5, 0.6) is 11.5 Å². The molecule has 1 atom stereocenters. The Kier molecular flexibility index (Phi) is 7.32. The molecule has 1 aliphatic heterocycles. The van der Waals surface area contributed by atoms with Crippen LogP contribution in [0.1, 0.15) is 31.2 Å². The molecule has 0 bridgehead atoms. The van der Waals surface area contributed by atoms with E-state index < -0.39 is 5.66 Å². The number of nitrogens with two attached hydrogens (primary N) is 1. The van der Waals surface area contributed by atoms with Crippen LogP contribution in [0.15, 0.2) is 84.5 Å². The molecule has 1 unspecified atom stereocenters. The highest BCUT2D eigenvalue weighted by atomic mass is 16.5. The first kappa shape index (κ1) is 24.3. The van der Waals surface area contributed by atoms with Crippen molar-refractivity contribution in [1.29, 1.82) is 0 Å². The fourth-order valence-electron chi connectivity index (χ4n) is 4.52. The molecule has 0 saturated heterocycles. The number of hydrogen-bond donors (Lipinski definition) is 4. The largest absolute Gasteiger partial charge is 0.457 e. The number of hydrogen-bond acceptors (Lipinski definition) is 6. The van der Waals surface area contributed by atoms with E-state index in [4.69, 9.17) is 10.5 Å². The van der Waals surface area contributed by atoms with Gasteiger partial charge in [0, 0.05) is 49.2 Å². The van der Waals surface area contributed by atoms with E-state index >= 15 is 0 Å². The molecule has 0 radical (unpaired) electrons. The van der Waals surface area contributed by atoms with Gasteiger partial charge in [-0.05, 0) is 49.1 Å². The summed E-state index contributed by atoms with van der Waals surface area (Å²) in [5.74, 6) is 2.39. The second kappa shape index (κ2) is 11.1. The van der Waals surface area contributed by atoms with E-state index in [-0.39, 0.29) is 5.91 Å². The molecule has 9 nitrogen and oxygen atoms in total. The minimum Gasteiger partial charge on any atom is -0.457 e. The van der Waals surface area contributed by atoms with Crippen LogP contribution in [0.25, 0.3) is 11.1 Å². The van der Waals surface area contributed by atoms with Gasteiger partial charge in [-0.2, -0.15) is 0 Å². The summed E-state index contributed by atoms with van der Waals surface area (Å²) >= 11 is 0. The zero-order valence-electron chi connectivity index (χ0n) is 20.6. The number of aromatic nitrogens is 3. The topological polar surface area (TPSA) is 122 Å². The first-order valence-corrected chi connectivity index (χ1v) is 12.5. The Balaban J connectivity index is 1.19. The third kappa shape index (κ3) is 5.90. The highest BCUT2D eigenvalue weighted by Gasteiger charge is 2.35. The number of benzene rings is 2. The summed E-state index contributed by atoms with van der Waals surface area (Å²) in [6.07, 6.45) is 11.4. The lowest BCUT2D eigenvalue weighted by atomic mass is 9.89. The molecule has 3 heterocycles. The van der Waals surface area contributed by atoms with Crippen molar-refractivity contribution in [3.05, 3.63) is 85.1 Å². The lowest BCUT2D eigenvalue weighted by Gasteiger charge is -2.30. The predicted molar refractivity (Wildman–Crippen MR) is 144 cm³/mol. The van der Waals surface area contributed by atoms with Gasteiger partial charge in [-0.25, -0.2) is 9.98 Å². The number of ether oxygens (including phenoxy) is 1. The maximum atomic E-state index is 12.4. The smallest absolute Gasteiger partial charge is 0.219 e. The third-order valence-corrected chi connectivity index (χ3v) is 6.40. The Labute approximate surface area is 215 Å². The van der Waals surface area contributed by atoms with Gasteiger partial charge < -0.3 is 30.7 Å². The number of aryl methyl sites for hydroxylation is 1. The monoisotopic (exact) mass is 497 g/mol. The maximum Gasteiger partial charge on any atom is 0.219 e. The summed E-state index contributed by atoms with van der Waals surface area (Å²) in [6, 6.07) is 17.6.